The first kappa shape index (κ1) is 9.81. The molecule has 4 heteroatoms. The molecule has 0 rings (SSSR count). The van der Waals surface area contributed by atoms with Gasteiger partial charge in [-0.2, -0.15) is 0 Å². The summed E-state index contributed by atoms with van der Waals surface area (Å²) in [5.41, 5.74) is 0. The standard InChI is InChI=1S/C7H10O4/c8-4-2-1-3-6(9)5-7(10)11/h4H,1-3,5H2,(H,10,11). The minimum Gasteiger partial charge on any atom is -0.481 e. The van der Waals surface area contributed by atoms with Crippen molar-refractivity contribution in [3.63, 3.8) is 0 Å². The van der Waals surface area contributed by atoms with Crippen LogP contribution in [-0.4, -0.2) is 23.1 Å². The molecule has 11 heavy (non-hydrogen) atoms. The van der Waals surface area contributed by atoms with E-state index < -0.39 is 12.4 Å². The number of hydrogen-bond acceptors (Lipinski definition) is 3. The Bertz CT molecular complexity index is 162. The van der Waals surface area contributed by atoms with Gasteiger partial charge in [-0.05, 0) is 6.42 Å². The molecule has 0 heterocycles. The van der Waals surface area contributed by atoms with Gasteiger partial charge in [0.05, 0.1) is 0 Å². The number of aldehydes is 1. The van der Waals surface area contributed by atoms with Crippen LogP contribution in [0.3, 0.4) is 0 Å². The van der Waals surface area contributed by atoms with Crippen LogP contribution in [0.15, 0.2) is 0 Å². The summed E-state index contributed by atoms with van der Waals surface area (Å²) in [4.78, 5) is 30.4. The Morgan fingerprint density at radius 2 is 2.00 bits per heavy atom. The van der Waals surface area contributed by atoms with Crippen molar-refractivity contribution < 1.29 is 19.5 Å². The molecule has 0 saturated carbocycles. The Hall–Kier alpha value is -1.19. The second kappa shape index (κ2) is 5.58. The number of hydrogen-bond donors (Lipinski definition) is 1. The lowest BCUT2D eigenvalue weighted by molar-refractivity contribution is -0.140. The quantitative estimate of drug-likeness (QED) is 0.345. The third kappa shape index (κ3) is 6.70. The van der Waals surface area contributed by atoms with E-state index in [1.165, 1.54) is 0 Å². The van der Waals surface area contributed by atoms with Gasteiger partial charge in [0.2, 0.25) is 0 Å². The monoisotopic (exact) mass is 158 g/mol. The van der Waals surface area contributed by atoms with Crippen molar-refractivity contribution in [3.8, 4) is 0 Å². The predicted octanol–water partition coefficient (Wildman–Crippen LogP) is 0.399. The van der Waals surface area contributed by atoms with E-state index in [1.54, 1.807) is 0 Å². The first-order valence-electron chi connectivity index (χ1n) is 3.34. The highest BCUT2D eigenvalue weighted by molar-refractivity contribution is 5.94. The normalized spacial score (nSPS) is 9.09. The minimum atomic E-state index is -1.11. The van der Waals surface area contributed by atoms with Gasteiger partial charge < -0.3 is 9.90 Å². The summed E-state index contributed by atoms with van der Waals surface area (Å²) in [6, 6.07) is 0. The number of carbonyl (C=O) groups excluding carboxylic acids is 2. The van der Waals surface area contributed by atoms with E-state index in [0.717, 1.165) is 0 Å². The van der Waals surface area contributed by atoms with Gasteiger partial charge in [0.1, 0.15) is 18.5 Å². The number of carbonyl (C=O) groups is 3. The number of rotatable bonds is 6. The Balaban J connectivity index is 3.37. The third-order valence-corrected chi connectivity index (χ3v) is 1.13. The molecule has 0 aromatic carbocycles. The molecule has 0 aliphatic heterocycles. The molecular formula is C7H10O4. The number of carboxylic acid groups (broad SMARTS) is 1. The van der Waals surface area contributed by atoms with Crippen LogP contribution in [0, 0.1) is 0 Å². The van der Waals surface area contributed by atoms with Gasteiger partial charge in [-0.3, -0.25) is 9.59 Å². The molecule has 0 aromatic heterocycles. The molecule has 0 amide bonds. The van der Waals surface area contributed by atoms with Crippen LogP contribution in [-0.2, 0) is 14.4 Å². The van der Waals surface area contributed by atoms with Gasteiger partial charge in [-0.25, -0.2) is 0 Å². The highest BCUT2D eigenvalue weighted by atomic mass is 16.4. The molecule has 0 saturated heterocycles. The molecule has 0 bridgehead atoms. The van der Waals surface area contributed by atoms with E-state index in [0.29, 0.717) is 19.1 Å². The number of unbranched alkanes of at least 4 members (excludes halogenated alkanes) is 1. The maximum absolute atomic E-state index is 10.6. The minimum absolute atomic E-state index is 0.186. The molecule has 1 N–H and O–H groups in total. The van der Waals surface area contributed by atoms with Crippen LogP contribution < -0.4 is 0 Å². The SMILES string of the molecule is O=CCCCC(=O)CC(=O)O. The fourth-order valence-electron chi connectivity index (χ4n) is 0.640. The summed E-state index contributed by atoms with van der Waals surface area (Å²) in [6.45, 7) is 0. The maximum Gasteiger partial charge on any atom is 0.310 e. The Morgan fingerprint density at radius 3 is 2.45 bits per heavy atom. The molecule has 0 aliphatic carbocycles. The molecular weight excluding hydrogens is 148 g/mol. The highest BCUT2D eigenvalue weighted by Crippen LogP contribution is 1.97. The molecule has 0 spiro atoms. The number of Topliss-reactive ketones (excluding diaryl/α,β-unsaturated/α-hetero) is 1. The number of aliphatic carboxylic acids is 1. The van der Waals surface area contributed by atoms with E-state index in [4.69, 9.17) is 5.11 Å². The average Bonchev–Trinajstić information content (AvgIpc) is 1.86. The Morgan fingerprint density at radius 1 is 1.36 bits per heavy atom. The summed E-state index contributed by atoms with van der Waals surface area (Å²) in [5.74, 6) is -1.43. The molecule has 0 fully saturated rings. The largest absolute Gasteiger partial charge is 0.481 e. The van der Waals surface area contributed by atoms with Crippen LogP contribution >= 0.6 is 0 Å². The Kier molecular flexibility index (Phi) is 4.98. The first-order valence-corrected chi connectivity index (χ1v) is 3.34. The van der Waals surface area contributed by atoms with Crippen LogP contribution in [0.4, 0.5) is 0 Å². The predicted molar refractivity (Wildman–Crippen MR) is 37.2 cm³/mol. The lowest BCUT2D eigenvalue weighted by Gasteiger charge is -1.92. The third-order valence-electron chi connectivity index (χ3n) is 1.13. The van der Waals surface area contributed by atoms with E-state index in [-0.39, 0.29) is 12.2 Å². The topological polar surface area (TPSA) is 71.4 Å². The summed E-state index contributed by atoms with van der Waals surface area (Å²) < 4.78 is 0. The van der Waals surface area contributed by atoms with E-state index in [1.807, 2.05) is 0 Å². The molecule has 0 radical (unpaired) electrons. The fraction of sp³-hybridized carbons (Fsp3) is 0.571. The zero-order valence-corrected chi connectivity index (χ0v) is 6.08. The zero-order chi connectivity index (χ0) is 8.69. The van der Waals surface area contributed by atoms with Crippen molar-refractivity contribution in [2.75, 3.05) is 0 Å². The fourth-order valence-corrected chi connectivity index (χ4v) is 0.640. The molecule has 0 aromatic rings. The van der Waals surface area contributed by atoms with Crippen molar-refractivity contribution in [2.45, 2.75) is 25.7 Å². The van der Waals surface area contributed by atoms with Gasteiger partial charge in [-0.15, -0.1) is 0 Å². The molecule has 4 nitrogen and oxygen atoms in total. The van der Waals surface area contributed by atoms with Crippen molar-refractivity contribution in [1.82, 2.24) is 0 Å². The van der Waals surface area contributed by atoms with Crippen molar-refractivity contribution >= 4 is 18.0 Å². The first-order chi connectivity index (χ1) is 5.16. The van der Waals surface area contributed by atoms with Crippen LogP contribution in [0.1, 0.15) is 25.7 Å². The lowest BCUT2D eigenvalue weighted by Crippen LogP contribution is -2.05. The summed E-state index contributed by atoms with van der Waals surface area (Å²) in [5, 5.41) is 8.15. The molecule has 0 atom stereocenters. The van der Waals surface area contributed by atoms with Crippen molar-refractivity contribution in [2.24, 2.45) is 0 Å². The number of carboxylic acids is 1. The van der Waals surface area contributed by atoms with Gasteiger partial charge in [0.25, 0.3) is 0 Å². The van der Waals surface area contributed by atoms with Crippen LogP contribution in [0.2, 0.25) is 0 Å². The smallest absolute Gasteiger partial charge is 0.310 e. The molecule has 62 valence electrons. The summed E-state index contributed by atoms with van der Waals surface area (Å²) >= 11 is 0. The number of ketones is 1. The van der Waals surface area contributed by atoms with Gasteiger partial charge >= 0.3 is 5.97 Å². The van der Waals surface area contributed by atoms with Gasteiger partial charge in [-0.1, -0.05) is 0 Å². The highest BCUT2D eigenvalue weighted by Gasteiger charge is 2.06. The Labute approximate surface area is 64.2 Å². The van der Waals surface area contributed by atoms with Crippen molar-refractivity contribution in [1.29, 1.82) is 0 Å². The maximum atomic E-state index is 10.6. The van der Waals surface area contributed by atoms with Gasteiger partial charge in [0.15, 0.2) is 0 Å². The lowest BCUT2D eigenvalue weighted by atomic mass is 10.1. The average molecular weight is 158 g/mol. The molecule has 0 aliphatic rings. The second-order valence-corrected chi connectivity index (χ2v) is 2.17. The van der Waals surface area contributed by atoms with Crippen LogP contribution in [0.25, 0.3) is 0 Å². The second-order valence-electron chi connectivity index (χ2n) is 2.17. The summed E-state index contributed by atoms with van der Waals surface area (Å²) in [7, 11) is 0. The van der Waals surface area contributed by atoms with Crippen molar-refractivity contribution in [3.05, 3.63) is 0 Å². The van der Waals surface area contributed by atoms with Gasteiger partial charge in [0, 0.05) is 12.8 Å². The van der Waals surface area contributed by atoms with E-state index in [2.05, 4.69) is 0 Å². The molecule has 0 unspecified atom stereocenters. The van der Waals surface area contributed by atoms with Crippen LogP contribution in [0.5, 0.6) is 0 Å². The van der Waals surface area contributed by atoms with E-state index in [9.17, 15) is 14.4 Å². The zero-order valence-electron chi connectivity index (χ0n) is 6.08. The van der Waals surface area contributed by atoms with E-state index >= 15 is 0 Å². The summed E-state index contributed by atoms with van der Waals surface area (Å²) in [6.07, 6.45) is 1.25.